The molecular weight excluding hydrogens is 456 g/mol. The van der Waals surface area contributed by atoms with E-state index in [0.29, 0.717) is 37.8 Å². The number of nitrogens with zero attached hydrogens (tertiary/aromatic N) is 2. The zero-order valence-corrected chi connectivity index (χ0v) is 20.3. The second-order valence-electron chi connectivity index (χ2n) is 7.43. The summed E-state index contributed by atoms with van der Waals surface area (Å²) in [5.74, 6) is 1.11. The molecule has 2 aromatic carbocycles. The Kier molecular flexibility index (Phi) is 6.56. The highest BCUT2D eigenvalue weighted by Gasteiger charge is 2.33. The Morgan fingerprint density at radius 2 is 1.71 bits per heavy atom. The van der Waals surface area contributed by atoms with Crippen molar-refractivity contribution in [3.63, 3.8) is 0 Å². The number of aromatic nitrogens is 1. The van der Waals surface area contributed by atoms with E-state index in [1.165, 1.54) is 30.1 Å². The van der Waals surface area contributed by atoms with Gasteiger partial charge in [-0.05, 0) is 36.8 Å². The van der Waals surface area contributed by atoms with Crippen LogP contribution in [0.2, 0.25) is 0 Å². The zero-order valence-electron chi connectivity index (χ0n) is 19.4. The van der Waals surface area contributed by atoms with E-state index >= 15 is 0 Å². The molecule has 0 N–H and O–H groups in total. The molecule has 1 aliphatic heterocycles. The molecule has 2 heterocycles. The SMILES string of the molecule is COC(=O)C1=C(C)N=c2sc(=Cc3ccccc3OC)c(=O)n2[C@H]1c1ccc(OC)c(OC)c1. The van der Waals surface area contributed by atoms with E-state index in [1.54, 1.807) is 45.4 Å². The van der Waals surface area contributed by atoms with Gasteiger partial charge in [-0.1, -0.05) is 35.6 Å². The fourth-order valence-electron chi connectivity index (χ4n) is 3.96. The normalized spacial score (nSPS) is 15.4. The van der Waals surface area contributed by atoms with Crippen LogP contribution in [0.25, 0.3) is 6.08 Å². The van der Waals surface area contributed by atoms with Crippen molar-refractivity contribution in [2.75, 3.05) is 28.4 Å². The Labute approximate surface area is 200 Å². The van der Waals surface area contributed by atoms with E-state index in [1.807, 2.05) is 24.3 Å². The summed E-state index contributed by atoms with van der Waals surface area (Å²) in [4.78, 5) is 31.5. The summed E-state index contributed by atoms with van der Waals surface area (Å²) in [6.45, 7) is 1.73. The zero-order chi connectivity index (χ0) is 24.4. The summed E-state index contributed by atoms with van der Waals surface area (Å²) >= 11 is 1.25. The smallest absolute Gasteiger partial charge is 0.338 e. The molecule has 1 atom stereocenters. The minimum absolute atomic E-state index is 0.275. The van der Waals surface area contributed by atoms with Crippen molar-refractivity contribution in [3.05, 3.63) is 84.5 Å². The number of fused-ring (bicyclic) bond motifs is 1. The number of allylic oxidation sites excluding steroid dienone is 1. The van der Waals surface area contributed by atoms with Gasteiger partial charge in [-0.25, -0.2) is 9.79 Å². The molecule has 176 valence electrons. The summed E-state index contributed by atoms with van der Waals surface area (Å²) in [6.07, 6.45) is 1.77. The average molecular weight is 481 g/mol. The van der Waals surface area contributed by atoms with E-state index < -0.39 is 12.0 Å². The average Bonchev–Trinajstić information content (AvgIpc) is 3.16. The third kappa shape index (κ3) is 3.99. The van der Waals surface area contributed by atoms with Crippen molar-refractivity contribution in [2.45, 2.75) is 13.0 Å². The fourth-order valence-corrected chi connectivity index (χ4v) is 5.00. The highest BCUT2D eigenvalue weighted by molar-refractivity contribution is 7.07. The van der Waals surface area contributed by atoms with Gasteiger partial charge >= 0.3 is 5.97 Å². The summed E-state index contributed by atoms with van der Waals surface area (Å²) in [5, 5.41) is 0. The number of hydrogen-bond acceptors (Lipinski definition) is 8. The van der Waals surface area contributed by atoms with Crippen LogP contribution in [-0.4, -0.2) is 39.0 Å². The van der Waals surface area contributed by atoms with Crippen LogP contribution in [0.15, 0.2) is 63.5 Å². The molecule has 0 bridgehead atoms. The Morgan fingerprint density at radius 1 is 1.00 bits per heavy atom. The third-order valence-corrected chi connectivity index (χ3v) is 6.56. The predicted octanol–water partition coefficient (Wildman–Crippen LogP) is 2.43. The molecule has 0 spiro atoms. The molecule has 3 aromatic rings. The van der Waals surface area contributed by atoms with Gasteiger partial charge in [0, 0.05) is 5.56 Å². The molecule has 1 aromatic heterocycles. The molecular formula is C25H24N2O6S. The standard InChI is InChI=1S/C25H24N2O6S/c1-14-21(24(29)33-5)22(16-10-11-18(31-3)19(12-16)32-4)27-23(28)20(34-25(27)26-14)13-15-8-6-7-9-17(15)30-2/h6-13,22H,1-5H3/t22-/m0/s1. The van der Waals surface area contributed by atoms with Gasteiger partial charge < -0.3 is 18.9 Å². The monoisotopic (exact) mass is 480 g/mol. The van der Waals surface area contributed by atoms with Gasteiger partial charge in [0.05, 0.1) is 50.3 Å². The number of carbonyl (C=O) groups excluding carboxylic acids is 1. The second-order valence-corrected chi connectivity index (χ2v) is 8.44. The first-order chi connectivity index (χ1) is 16.4. The minimum atomic E-state index is -0.747. The summed E-state index contributed by atoms with van der Waals surface area (Å²) < 4.78 is 23.3. The van der Waals surface area contributed by atoms with Gasteiger partial charge in [-0.15, -0.1) is 0 Å². The van der Waals surface area contributed by atoms with Gasteiger partial charge in [0.25, 0.3) is 5.56 Å². The molecule has 0 amide bonds. The molecule has 0 fully saturated rings. The van der Waals surface area contributed by atoms with E-state index in [9.17, 15) is 9.59 Å². The molecule has 0 unspecified atom stereocenters. The van der Waals surface area contributed by atoms with E-state index in [2.05, 4.69) is 4.99 Å². The number of carbonyl (C=O) groups is 1. The molecule has 9 heteroatoms. The first kappa shape index (κ1) is 23.3. The Balaban J connectivity index is 1.99. The number of hydrogen-bond donors (Lipinski definition) is 0. The molecule has 4 rings (SSSR count). The largest absolute Gasteiger partial charge is 0.496 e. The van der Waals surface area contributed by atoms with Gasteiger partial charge in [0.15, 0.2) is 16.3 Å². The van der Waals surface area contributed by atoms with Crippen molar-refractivity contribution < 1.29 is 23.7 Å². The van der Waals surface area contributed by atoms with Crippen LogP contribution < -0.4 is 29.1 Å². The van der Waals surface area contributed by atoms with Crippen molar-refractivity contribution in [1.82, 2.24) is 4.57 Å². The van der Waals surface area contributed by atoms with Gasteiger partial charge in [-0.3, -0.25) is 9.36 Å². The van der Waals surface area contributed by atoms with Crippen molar-refractivity contribution >= 4 is 23.4 Å². The number of rotatable bonds is 6. The maximum absolute atomic E-state index is 13.7. The lowest BCUT2D eigenvalue weighted by Gasteiger charge is -2.25. The van der Waals surface area contributed by atoms with Gasteiger partial charge in [0.1, 0.15) is 5.75 Å². The maximum Gasteiger partial charge on any atom is 0.338 e. The molecule has 0 radical (unpaired) electrons. The third-order valence-electron chi connectivity index (χ3n) is 5.58. The fraction of sp³-hybridized carbons (Fsp3) is 0.240. The van der Waals surface area contributed by atoms with Crippen molar-refractivity contribution in [1.29, 1.82) is 0 Å². The van der Waals surface area contributed by atoms with Gasteiger partial charge in [-0.2, -0.15) is 0 Å². The van der Waals surface area contributed by atoms with E-state index in [4.69, 9.17) is 18.9 Å². The summed E-state index contributed by atoms with van der Waals surface area (Å²) in [6, 6.07) is 12.0. The summed E-state index contributed by atoms with van der Waals surface area (Å²) in [7, 11) is 5.96. The lowest BCUT2D eigenvalue weighted by Crippen LogP contribution is -2.39. The van der Waals surface area contributed by atoms with Crippen LogP contribution in [-0.2, 0) is 9.53 Å². The van der Waals surface area contributed by atoms with Crippen molar-refractivity contribution in [2.24, 2.45) is 4.99 Å². The Morgan fingerprint density at radius 3 is 2.38 bits per heavy atom. The Bertz CT molecular complexity index is 1470. The number of benzene rings is 2. The second kappa shape index (κ2) is 9.56. The first-order valence-corrected chi connectivity index (χ1v) is 11.2. The lowest BCUT2D eigenvalue weighted by atomic mass is 9.95. The maximum atomic E-state index is 13.7. The number of ether oxygens (including phenoxy) is 4. The molecule has 34 heavy (non-hydrogen) atoms. The van der Waals surface area contributed by atoms with Crippen LogP contribution in [0.5, 0.6) is 17.2 Å². The number of methoxy groups -OCH3 is 4. The lowest BCUT2D eigenvalue weighted by molar-refractivity contribution is -0.136. The topological polar surface area (TPSA) is 88.4 Å². The Hall–Kier alpha value is -3.85. The minimum Gasteiger partial charge on any atom is -0.496 e. The number of para-hydroxylation sites is 1. The van der Waals surface area contributed by atoms with Crippen LogP contribution in [0.1, 0.15) is 24.1 Å². The van der Waals surface area contributed by atoms with Crippen LogP contribution >= 0.6 is 11.3 Å². The highest BCUT2D eigenvalue weighted by atomic mass is 32.1. The van der Waals surface area contributed by atoms with E-state index in [0.717, 1.165) is 5.56 Å². The first-order valence-electron chi connectivity index (χ1n) is 10.4. The summed E-state index contributed by atoms with van der Waals surface area (Å²) in [5.41, 5.74) is 1.92. The molecule has 8 nitrogen and oxygen atoms in total. The number of thiazole rings is 1. The molecule has 0 aliphatic carbocycles. The van der Waals surface area contributed by atoms with Crippen LogP contribution in [0.3, 0.4) is 0 Å². The van der Waals surface area contributed by atoms with Gasteiger partial charge in [0.2, 0.25) is 0 Å². The van der Waals surface area contributed by atoms with Crippen LogP contribution in [0.4, 0.5) is 0 Å². The van der Waals surface area contributed by atoms with E-state index in [-0.39, 0.29) is 11.1 Å². The predicted molar refractivity (Wildman–Crippen MR) is 128 cm³/mol. The quantitative estimate of drug-likeness (QED) is 0.504. The number of esters is 1. The molecule has 0 saturated carbocycles. The molecule has 0 saturated heterocycles. The van der Waals surface area contributed by atoms with Crippen LogP contribution in [0, 0.1) is 0 Å². The molecule has 1 aliphatic rings. The van der Waals surface area contributed by atoms with Crippen molar-refractivity contribution in [3.8, 4) is 17.2 Å². The highest BCUT2D eigenvalue weighted by Crippen LogP contribution is 2.36.